The Hall–Kier alpha value is -2.92. The molecule has 13 heteroatoms. The lowest BCUT2D eigenvalue weighted by molar-refractivity contribution is -0.118. The number of pyridine rings is 1. The normalized spacial score (nSPS) is 15.3. The first-order valence-electron chi connectivity index (χ1n) is 12.3. The predicted molar refractivity (Wildman–Crippen MR) is 146 cm³/mol. The first-order chi connectivity index (χ1) is 18.2. The Morgan fingerprint density at radius 3 is 2.50 bits per heavy atom. The summed E-state index contributed by atoms with van der Waals surface area (Å²) in [5.74, 6) is 0.718. The summed E-state index contributed by atoms with van der Waals surface area (Å²) in [6, 6.07) is 10.7. The summed E-state index contributed by atoms with van der Waals surface area (Å²) in [5.41, 5.74) is 1.37. The second-order valence-electron chi connectivity index (χ2n) is 8.33. The fourth-order valence-corrected chi connectivity index (χ4v) is 5.98. The number of amides is 3. The SMILES string of the molecule is CCOP(=O)(CCNC(=O)c1ccnc(N(C)CCOc2ccc(CC3SC(=O)NC3=O)cc2)c1)OCC. The fraction of sp³-hybridized carbons (Fsp3) is 0.440. The molecular formula is C25H33N4O7PS. The molecule has 0 radical (unpaired) electrons. The molecule has 1 aromatic carbocycles. The van der Waals surface area contributed by atoms with Gasteiger partial charge in [-0.25, -0.2) is 4.98 Å². The largest absolute Gasteiger partial charge is 0.492 e. The van der Waals surface area contributed by atoms with Crippen LogP contribution in [-0.4, -0.2) is 73.4 Å². The number of carbonyl (C=O) groups is 3. The van der Waals surface area contributed by atoms with Gasteiger partial charge >= 0.3 is 7.60 Å². The molecule has 3 rings (SSSR count). The van der Waals surface area contributed by atoms with Gasteiger partial charge in [-0.3, -0.25) is 24.3 Å². The number of ether oxygens (including phenoxy) is 1. The molecule has 3 amide bonds. The van der Waals surface area contributed by atoms with Crippen molar-refractivity contribution in [3.05, 3.63) is 53.7 Å². The Bertz CT molecular complexity index is 1150. The third-order valence-corrected chi connectivity index (χ3v) is 8.58. The van der Waals surface area contributed by atoms with Crippen LogP contribution in [0, 0.1) is 0 Å². The lowest BCUT2D eigenvalue weighted by atomic mass is 10.1. The van der Waals surface area contributed by atoms with E-state index in [-0.39, 0.29) is 43.0 Å². The molecule has 0 saturated carbocycles. The average Bonchev–Trinajstić information content (AvgIpc) is 3.21. The minimum absolute atomic E-state index is 0.0884. The van der Waals surface area contributed by atoms with Crippen LogP contribution in [0.4, 0.5) is 10.6 Å². The van der Waals surface area contributed by atoms with E-state index in [1.54, 1.807) is 32.2 Å². The van der Waals surface area contributed by atoms with Crippen molar-refractivity contribution in [1.82, 2.24) is 15.6 Å². The second-order valence-corrected chi connectivity index (χ2v) is 11.7. The molecule has 2 N–H and O–H groups in total. The summed E-state index contributed by atoms with van der Waals surface area (Å²) >= 11 is 1.01. The molecule has 1 saturated heterocycles. The maximum Gasteiger partial charge on any atom is 0.332 e. The molecule has 2 aromatic rings. The summed E-state index contributed by atoms with van der Waals surface area (Å²) < 4.78 is 28.9. The Labute approximate surface area is 226 Å². The van der Waals surface area contributed by atoms with Gasteiger partial charge < -0.3 is 24.0 Å². The van der Waals surface area contributed by atoms with Crippen LogP contribution in [0.1, 0.15) is 29.8 Å². The van der Waals surface area contributed by atoms with Gasteiger partial charge in [0.05, 0.1) is 31.2 Å². The first kappa shape index (κ1) is 29.6. The van der Waals surface area contributed by atoms with Crippen LogP contribution < -0.4 is 20.3 Å². The maximum absolute atomic E-state index is 12.6. The molecule has 1 aliphatic heterocycles. The van der Waals surface area contributed by atoms with Crippen LogP contribution in [0.2, 0.25) is 0 Å². The van der Waals surface area contributed by atoms with Gasteiger partial charge in [0.2, 0.25) is 5.91 Å². The van der Waals surface area contributed by atoms with E-state index in [1.807, 2.05) is 36.2 Å². The minimum atomic E-state index is -3.22. The van der Waals surface area contributed by atoms with E-state index >= 15 is 0 Å². The highest BCUT2D eigenvalue weighted by molar-refractivity contribution is 8.15. The number of carbonyl (C=O) groups excluding carboxylic acids is 3. The number of benzene rings is 1. The highest BCUT2D eigenvalue weighted by Gasteiger charge is 2.31. The maximum atomic E-state index is 12.6. The Morgan fingerprint density at radius 2 is 1.87 bits per heavy atom. The number of anilines is 1. The van der Waals surface area contributed by atoms with E-state index in [1.165, 1.54) is 0 Å². The Balaban J connectivity index is 1.45. The van der Waals surface area contributed by atoms with Crippen molar-refractivity contribution in [2.45, 2.75) is 25.5 Å². The highest BCUT2D eigenvalue weighted by Crippen LogP contribution is 2.47. The predicted octanol–water partition coefficient (Wildman–Crippen LogP) is 3.49. The van der Waals surface area contributed by atoms with Gasteiger partial charge in [-0.05, 0) is 50.1 Å². The number of hydrogen-bond donors (Lipinski definition) is 2. The first-order valence-corrected chi connectivity index (χ1v) is 14.9. The van der Waals surface area contributed by atoms with Crippen molar-refractivity contribution in [1.29, 1.82) is 0 Å². The summed E-state index contributed by atoms with van der Waals surface area (Å²) in [6.45, 7) is 5.07. The smallest absolute Gasteiger partial charge is 0.332 e. The summed E-state index contributed by atoms with van der Waals surface area (Å²) in [4.78, 5) is 41.9. The molecule has 0 bridgehead atoms. The van der Waals surface area contributed by atoms with E-state index in [9.17, 15) is 18.9 Å². The lowest BCUT2D eigenvalue weighted by Gasteiger charge is -2.19. The van der Waals surface area contributed by atoms with Gasteiger partial charge in [0, 0.05) is 25.4 Å². The zero-order chi connectivity index (χ0) is 27.5. The zero-order valence-electron chi connectivity index (χ0n) is 21.7. The van der Waals surface area contributed by atoms with Crippen molar-refractivity contribution >= 4 is 42.2 Å². The van der Waals surface area contributed by atoms with Gasteiger partial charge in [0.25, 0.3) is 11.1 Å². The number of imide groups is 1. The quantitative estimate of drug-likeness (QED) is 0.309. The third kappa shape index (κ3) is 8.83. The van der Waals surface area contributed by atoms with Crippen molar-refractivity contribution < 1.29 is 32.7 Å². The third-order valence-electron chi connectivity index (χ3n) is 5.53. The molecular weight excluding hydrogens is 531 g/mol. The van der Waals surface area contributed by atoms with E-state index in [0.29, 0.717) is 36.7 Å². The monoisotopic (exact) mass is 564 g/mol. The lowest BCUT2D eigenvalue weighted by Crippen LogP contribution is -2.28. The van der Waals surface area contributed by atoms with Gasteiger partial charge in [-0.15, -0.1) is 0 Å². The Morgan fingerprint density at radius 1 is 1.16 bits per heavy atom. The molecule has 0 aliphatic carbocycles. The van der Waals surface area contributed by atoms with Gasteiger partial charge in [-0.1, -0.05) is 23.9 Å². The van der Waals surface area contributed by atoms with E-state index < -0.39 is 12.8 Å². The van der Waals surface area contributed by atoms with Crippen LogP contribution in [0.25, 0.3) is 0 Å². The zero-order valence-corrected chi connectivity index (χ0v) is 23.4. The number of nitrogens with one attached hydrogen (secondary N) is 2. The molecule has 1 aromatic heterocycles. The van der Waals surface area contributed by atoms with Crippen LogP contribution in [-0.2, 0) is 24.8 Å². The number of nitrogens with zero attached hydrogens (tertiary/aromatic N) is 2. The van der Waals surface area contributed by atoms with E-state index in [2.05, 4.69) is 15.6 Å². The summed E-state index contributed by atoms with van der Waals surface area (Å²) in [5, 5.41) is 4.33. The molecule has 2 heterocycles. The summed E-state index contributed by atoms with van der Waals surface area (Å²) in [6.07, 6.45) is 2.12. The topological polar surface area (TPSA) is 136 Å². The van der Waals surface area contributed by atoms with Crippen molar-refractivity contribution in [3.63, 3.8) is 0 Å². The van der Waals surface area contributed by atoms with Crippen LogP contribution >= 0.6 is 19.4 Å². The van der Waals surface area contributed by atoms with Crippen molar-refractivity contribution in [2.75, 3.05) is 51.0 Å². The van der Waals surface area contributed by atoms with Gasteiger partial charge in [0.1, 0.15) is 18.2 Å². The molecule has 1 aliphatic rings. The number of thioether (sulfide) groups is 1. The van der Waals surface area contributed by atoms with Crippen LogP contribution in [0.5, 0.6) is 5.75 Å². The van der Waals surface area contributed by atoms with Crippen LogP contribution in [0.15, 0.2) is 42.6 Å². The number of likely N-dealkylation sites (N-methyl/N-ethyl adjacent to an activating group) is 1. The van der Waals surface area contributed by atoms with Gasteiger partial charge in [-0.2, -0.15) is 0 Å². The average molecular weight is 565 g/mol. The standard InChI is InChI=1S/C25H33N4O7PS/c1-4-35-37(33,36-5-2)15-12-27-23(30)19-10-11-26-22(17-19)29(3)13-14-34-20-8-6-18(7-9-20)16-21-24(31)28-25(32)38-21/h6-11,17,21H,4-5,12-16H2,1-3H3,(H,27,30)(H,28,31,32). The number of rotatable bonds is 15. The fourth-order valence-electron chi connectivity index (χ4n) is 3.62. The van der Waals surface area contributed by atoms with Crippen molar-refractivity contribution in [2.24, 2.45) is 0 Å². The molecule has 206 valence electrons. The van der Waals surface area contributed by atoms with E-state index in [4.69, 9.17) is 13.8 Å². The number of hydrogen-bond acceptors (Lipinski definition) is 10. The van der Waals surface area contributed by atoms with Crippen molar-refractivity contribution in [3.8, 4) is 5.75 Å². The van der Waals surface area contributed by atoms with Gasteiger partial charge in [0.15, 0.2) is 0 Å². The number of aromatic nitrogens is 1. The molecule has 11 nitrogen and oxygen atoms in total. The molecule has 1 atom stereocenters. The molecule has 1 fully saturated rings. The van der Waals surface area contributed by atoms with Crippen LogP contribution in [0.3, 0.4) is 0 Å². The molecule has 0 spiro atoms. The van der Waals surface area contributed by atoms with E-state index in [0.717, 1.165) is 17.3 Å². The summed E-state index contributed by atoms with van der Waals surface area (Å²) in [7, 11) is -1.37. The molecule has 1 unspecified atom stereocenters. The Kier molecular flexibility index (Phi) is 11.1. The second kappa shape index (κ2) is 14.3. The minimum Gasteiger partial charge on any atom is -0.492 e. The highest BCUT2D eigenvalue weighted by atomic mass is 32.2. The molecule has 38 heavy (non-hydrogen) atoms.